The normalized spacial score (nSPS) is 13.2. The van der Waals surface area contributed by atoms with Crippen molar-refractivity contribution in [2.24, 2.45) is 0 Å². The molecule has 0 aliphatic rings. The Labute approximate surface area is 174 Å². The van der Waals surface area contributed by atoms with Gasteiger partial charge in [-0.25, -0.2) is 17.7 Å². The molecule has 0 fully saturated rings. The number of aryl methyl sites for hydroxylation is 2. The highest BCUT2D eigenvalue weighted by Gasteiger charge is 2.20. The van der Waals surface area contributed by atoms with Crippen molar-refractivity contribution in [3.63, 3.8) is 0 Å². The van der Waals surface area contributed by atoms with Crippen LogP contribution in [0.25, 0.3) is 11.0 Å². The summed E-state index contributed by atoms with van der Waals surface area (Å²) >= 11 is 0. The molecular formula is C21H34N4O3S. The number of benzene rings is 1. The van der Waals surface area contributed by atoms with E-state index in [0.717, 1.165) is 24.2 Å². The summed E-state index contributed by atoms with van der Waals surface area (Å²) in [7, 11) is -0.485. The minimum absolute atomic E-state index is 0.0274. The first-order valence-electron chi connectivity index (χ1n) is 10.4. The molecule has 162 valence electrons. The van der Waals surface area contributed by atoms with Gasteiger partial charge in [0.05, 0.1) is 15.9 Å². The van der Waals surface area contributed by atoms with Crippen molar-refractivity contribution in [3.05, 3.63) is 24.0 Å². The lowest BCUT2D eigenvalue weighted by Crippen LogP contribution is -2.32. The number of hydrogen-bond donors (Lipinski definition) is 1. The molecule has 2 rings (SSSR count). The van der Waals surface area contributed by atoms with E-state index in [1.165, 1.54) is 31.2 Å². The van der Waals surface area contributed by atoms with Crippen molar-refractivity contribution < 1.29 is 13.2 Å². The molecule has 1 N–H and O–H groups in total. The number of hydrogen-bond acceptors (Lipinski definition) is 4. The Morgan fingerprint density at radius 3 is 2.59 bits per heavy atom. The average Bonchev–Trinajstić information content (AvgIpc) is 3.03. The van der Waals surface area contributed by atoms with Crippen LogP contribution in [0.4, 0.5) is 0 Å². The molecular weight excluding hydrogens is 388 g/mol. The van der Waals surface area contributed by atoms with Crippen LogP contribution in [0.1, 0.15) is 58.7 Å². The number of imidazole rings is 1. The van der Waals surface area contributed by atoms with E-state index in [2.05, 4.69) is 17.2 Å². The van der Waals surface area contributed by atoms with Crippen LogP contribution in [0.3, 0.4) is 0 Å². The molecule has 7 nitrogen and oxygen atoms in total. The maximum Gasteiger partial charge on any atom is 0.242 e. The Hall–Kier alpha value is -1.93. The van der Waals surface area contributed by atoms with Crippen LogP contribution < -0.4 is 5.32 Å². The summed E-state index contributed by atoms with van der Waals surface area (Å²) in [5, 5.41) is 3.06. The molecule has 1 heterocycles. The monoisotopic (exact) mass is 422 g/mol. The van der Waals surface area contributed by atoms with Gasteiger partial charge in [-0.05, 0) is 38.5 Å². The number of aromatic nitrogens is 2. The van der Waals surface area contributed by atoms with Crippen molar-refractivity contribution >= 4 is 27.0 Å². The third kappa shape index (κ3) is 5.79. The highest BCUT2D eigenvalue weighted by atomic mass is 32.2. The van der Waals surface area contributed by atoms with E-state index in [-0.39, 0.29) is 16.8 Å². The van der Waals surface area contributed by atoms with Crippen molar-refractivity contribution in [2.45, 2.75) is 76.8 Å². The smallest absolute Gasteiger partial charge is 0.242 e. The van der Waals surface area contributed by atoms with Crippen LogP contribution in [0.15, 0.2) is 23.1 Å². The SMILES string of the molecule is CCCCC[C@@H](C)NC(=O)CCc1nc2cc(S(=O)(=O)N(C)C)ccc2n1CC. The number of carbonyl (C=O) groups excluding carboxylic acids is 1. The van der Waals surface area contributed by atoms with Gasteiger partial charge in [0.25, 0.3) is 0 Å². The first-order valence-corrected chi connectivity index (χ1v) is 11.9. The van der Waals surface area contributed by atoms with Gasteiger partial charge in [-0.2, -0.15) is 0 Å². The number of sulfonamides is 1. The van der Waals surface area contributed by atoms with E-state index in [1.807, 2.05) is 18.4 Å². The van der Waals surface area contributed by atoms with Gasteiger partial charge in [0.2, 0.25) is 15.9 Å². The summed E-state index contributed by atoms with van der Waals surface area (Å²) in [5.74, 6) is 0.829. The Morgan fingerprint density at radius 1 is 1.24 bits per heavy atom. The lowest BCUT2D eigenvalue weighted by atomic mass is 10.1. The topological polar surface area (TPSA) is 84.3 Å². The van der Waals surface area contributed by atoms with Crippen molar-refractivity contribution in [3.8, 4) is 0 Å². The molecule has 0 unspecified atom stereocenters. The standard InChI is InChI=1S/C21H34N4O3S/c1-6-8-9-10-16(3)22-21(26)14-13-20-23-18-15-17(29(27,28)24(4)5)11-12-19(18)25(20)7-2/h11-12,15-16H,6-10,13-14H2,1-5H3,(H,22,26)/t16-/m1/s1. The lowest BCUT2D eigenvalue weighted by Gasteiger charge is -2.13. The number of nitrogens with zero attached hydrogens (tertiary/aromatic N) is 3. The van der Waals surface area contributed by atoms with Crippen molar-refractivity contribution in [1.82, 2.24) is 19.2 Å². The van der Waals surface area contributed by atoms with Crippen LogP contribution in [0.5, 0.6) is 0 Å². The molecule has 1 amide bonds. The van der Waals surface area contributed by atoms with Crippen molar-refractivity contribution in [1.29, 1.82) is 0 Å². The molecule has 1 atom stereocenters. The zero-order valence-corrected chi connectivity index (χ0v) is 19.1. The zero-order chi connectivity index (χ0) is 21.6. The average molecular weight is 423 g/mol. The van der Waals surface area contributed by atoms with E-state index < -0.39 is 10.0 Å². The van der Waals surface area contributed by atoms with Gasteiger partial charge in [0, 0.05) is 39.5 Å². The highest BCUT2D eigenvalue weighted by Crippen LogP contribution is 2.22. The van der Waals surface area contributed by atoms with Gasteiger partial charge in [0.15, 0.2) is 0 Å². The quantitative estimate of drug-likeness (QED) is 0.563. The molecule has 0 saturated carbocycles. The van der Waals surface area contributed by atoms with Crippen LogP contribution >= 0.6 is 0 Å². The van der Waals surface area contributed by atoms with Gasteiger partial charge in [-0.15, -0.1) is 0 Å². The van der Waals surface area contributed by atoms with Crippen LogP contribution in [0.2, 0.25) is 0 Å². The summed E-state index contributed by atoms with van der Waals surface area (Å²) in [6, 6.07) is 5.19. The predicted octanol–water partition coefficient (Wildman–Crippen LogP) is 3.32. The molecule has 0 aliphatic heterocycles. The number of carbonyl (C=O) groups is 1. The second-order valence-corrected chi connectivity index (χ2v) is 9.83. The Morgan fingerprint density at radius 2 is 1.97 bits per heavy atom. The Balaban J connectivity index is 2.12. The molecule has 0 spiro atoms. The van der Waals surface area contributed by atoms with Gasteiger partial charge in [-0.1, -0.05) is 26.2 Å². The summed E-state index contributed by atoms with van der Waals surface area (Å²) in [5.41, 5.74) is 1.52. The molecule has 0 bridgehead atoms. The molecule has 8 heteroatoms. The van der Waals surface area contributed by atoms with Crippen molar-refractivity contribution in [2.75, 3.05) is 14.1 Å². The Bertz CT molecular complexity index is 935. The van der Waals surface area contributed by atoms with E-state index in [4.69, 9.17) is 0 Å². The molecule has 0 aliphatic carbocycles. The van der Waals surface area contributed by atoms with Crippen LogP contribution in [0, 0.1) is 0 Å². The first-order chi connectivity index (χ1) is 13.7. The van der Waals surface area contributed by atoms with E-state index in [0.29, 0.717) is 24.9 Å². The van der Waals surface area contributed by atoms with Gasteiger partial charge >= 0.3 is 0 Å². The van der Waals surface area contributed by atoms with Gasteiger partial charge in [-0.3, -0.25) is 4.79 Å². The molecule has 1 aromatic carbocycles. The van der Waals surface area contributed by atoms with E-state index in [1.54, 1.807) is 18.2 Å². The molecule has 0 saturated heterocycles. The minimum atomic E-state index is -3.51. The maximum absolute atomic E-state index is 12.4. The molecule has 29 heavy (non-hydrogen) atoms. The second-order valence-electron chi connectivity index (χ2n) is 7.67. The molecule has 0 radical (unpaired) electrons. The van der Waals surface area contributed by atoms with E-state index in [9.17, 15) is 13.2 Å². The third-order valence-electron chi connectivity index (χ3n) is 5.12. The fourth-order valence-corrected chi connectivity index (χ4v) is 4.34. The first kappa shape index (κ1) is 23.3. The maximum atomic E-state index is 12.4. The van der Waals surface area contributed by atoms with Gasteiger partial charge < -0.3 is 9.88 Å². The fourth-order valence-electron chi connectivity index (χ4n) is 3.42. The van der Waals surface area contributed by atoms with E-state index >= 15 is 0 Å². The second kappa shape index (κ2) is 10.2. The van der Waals surface area contributed by atoms with Crippen LogP contribution in [-0.2, 0) is 27.8 Å². The third-order valence-corrected chi connectivity index (χ3v) is 6.93. The fraction of sp³-hybridized carbons (Fsp3) is 0.619. The molecule has 1 aromatic heterocycles. The predicted molar refractivity (Wildman–Crippen MR) is 116 cm³/mol. The number of fused-ring (bicyclic) bond motifs is 1. The van der Waals surface area contributed by atoms with Crippen LogP contribution in [-0.4, -0.2) is 48.3 Å². The summed E-state index contributed by atoms with van der Waals surface area (Å²) < 4.78 is 28.0. The highest BCUT2D eigenvalue weighted by molar-refractivity contribution is 7.89. The number of nitrogens with one attached hydrogen (secondary N) is 1. The van der Waals surface area contributed by atoms with Gasteiger partial charge in [0.1, 0.15) is 5.82 Å². The summed E-state index contributed by atoms with van der Waals surface area (Å²) in [4.78, 5) is 17.2. The minimum Gasteiger partial charge on any atom is -0.354 e. The largest absolute Gasteiger partial charge is 0.354 e. The Kier molecular flexibility index (Phi) is 8.22. The summed E-state index contributed by atoms with van der Waals surface area (Å²) in [6.07, 6.45) is 5.37. The lowest BCUT2D eigenvalue weighted by molar-refractivity contribution is -0.121. The summed E-state index contributed by atoms with van der Waals surface area (Å²) in [6.45, 7) is 6.94. The number of unbranched alkanes of at least 4 members (excludes halogenated alkanes) is 2. The zero-order valence-electron chi connectivity index (χ0n) is 18.2. The number of rotatable bonds is 11. The molecule has 2 aromatic rings. The number of amides is 1.